The second kappa shape index (κ2) is 4.88. The van der Waals surface area contributed by atoms with Crippen molar-refractivity contribution in [1.29, 1.82) is 0 Å². The molecule has 1 heterocycles. The first-order valence-electron chi connectivity index (χ1n) is 6.21. The molecule has 3 rings (SSSR count). The Bertz CT molecular complexity index is 928. The summed E-state index contributed by atoms with van der Waals surface area (Å²) in [5, 5.41) is 0.161. The van der Waals surface area contributed by atoms with Crippen LogP contribution < -0.4 is 0 Å². The molecule has 0 aliphatic rings. The van der Waals surface area contributed by atoms with Gasteiger partial charge in [0.15, 0.2) is 0 Å². The molecule has 113 valence electrons. The van der Waals surface area contributed by atoms with Gasteiger partial charge in [-0.2, -0.15) is 13.2 Å². The van der Waals surface area contributed by atoms with Gasteiger partial charge in [0, 0.05) is 5.39 Å². The Morgan fingerprint density at radius 2 is 1.68 bits per heavy atom. The molecule has 0 atom stereocenters. The van der Waals surface area contributed by atoms with E-state index in [0.29, 0.717) is 0 Å². The average Bonchev–Trinajstić information content (AvgIpc) is 2.91. The zero-order valence-electron chi connectivity index (χ0n) is 11.0. The topological polar surface area (TPSA) is 39.1 Å². The molecule has 0 bridgehead atoms. The van der Waals surface area contributed by atoms with Gasteiger partial charge in [0.25, 0.3) is 10.0 Å². The largest absolute Gasteiger partial charge is 0.416 e. The van der Waals surface area contributed by atoms with Gasteiger partial charge in [0.2, 0.25) is 0 Å². The van der Waals surface area contributed by atoms with E-state index in [2.05, 4.69) is 6.20 Å². The van der Waals surface area contributed by atoms with Crippen molar-refractivity contribution in [2.24, 2.45) is 0 Å². The van der Waals surface area contributed by atoms with E-state index < -0.39 is 21.8 Å². The normalized spacial score (nSPS) is 12.7. The number of aromatic nitrogens is 1. The third-order valence-electron chi connectivity index (χ3n) is 3.19. The van der Waals surface area contributed by atoms with Crippen LogP contribution in [0.15, 0.2) is 59.5 Å². The SMILES string of the molecule is O=S(=O)(c1ccccc1)n1[c]cc2cc(C(F)(F)F)ccc21. The molecule has 3 nitrogen and oxygen atoms in total. The molecule has 7 heteroatoms. The third-order valence-corrected chi connectivity index (χ3v) is 4.84. The summed E-state index contributed by atoms with van der Waals surface area (Å²) in [5.74, 6) is 0. The predicted octanol–water partition coefficient (Wildman–Crippen LogP) is 3.70. The van der Waals surface area contributed by atoms with Gasteiger partial charge >= 0.3 is 6.18 Å². The Morgan fingerprint density at radius 3 is 2.32 bits per heavy atom. The molecular weight excluding hydrogens is 315 g/mol. The molecule has 2 aromatic carbocycles. The molecule has 1 aromatic heterocycles. The summed E-state index contributed by atoms with van der Waals surface area (Å²) in [6.45, 7) is 0. The fourth-order valence-electron chi connectivity index (χ4n) is 2.13. The smallest absolute Gasteiger partial charge is 0.232 e. The number of alkyl halides is 3. The maximum absolute atomic E-state index is 12.7. The Hall–Kier alpha value is -2.28. The van der Waals surface area contributed by atoms with Crippen LogP contribution in [0.2, 0.25) is 0 Å². The van der Waals surface area contributed by atoms with Crippen LogP contribution in [0.3, 0.4) is 0 Å². The second-order valence-corrected chi connectivity index (χ2v) is 6.41. The minimum absolute atomic E-state index is 0.0450. The van der Waals surface area contributed by atoms with Crippen molar-refractivity contribution < 1.29 is 21.6 Å². The van der Waals surface area contributed by atoms with Gasteiger partial charge in [-0.15, -0.1) is 0 Å². The molecule has 0 saturated carbocycles. The molecule has 3 aromatic rings. The molecule has 0 unspecified atom stereocenters. The van der Waals surface area contributed by atoms with Crippen molar-refractivity contribution in [3.63, 3.8) is 0 Å². The van der Waals surface area contributed by atoms with Gasteiger partial charge in [-0.3, -0.25) is 0 Å². The third kappa shape index (κ3) is 2.37. The molecule has 0 N–H and O–H groups in total. The Morgan fingerprint density at radius 1 is 1.00 bits per heavy atom. The van der Waals surface area contributed by atoms with Crippen LogP contribution in [-0.2, 0) is 16.2 Å². The van der Waals surface area contributed by atoms with Gasteiger partial charge in [-0.05, 0) is 36.4 Å². The van der Waals surface area contributed by atoms with E-state index in [9.17, 15) is 21.6 Å². The lowest BCUT2D eigenvalue weighted by Gasteiger charge is -2.09. The summed E-state index contributed by atoms with van der Waals surface area (Å²) in [7, 11) is -3.89. The molecule has 22 heavy (non-hydrogen) atoms. The van der Waals surface area contributed by atoms with Gasteiger partial charge in [0.05, 0.1) is 22.2 Å². The number of rotatable bonds is 2. The summed E-state index contributed by atoms with van der Waals surface area (Å²) in [4.78, 5) is 0.0450. The average molecular weight is 324 g/mol. The van der Waals surface area contributed by atoms with Crippen LogP contribution in [0.4, 0.5) is 13.2 Å². The van der Waals surface area contributed by atoms with Crippen LogP contribution >= 0.6 is 0 Å². The highest BCUT2D eigenvalue weighted by Gasteiger charge is 2.31. The van der Waals surface area contributed by atoms with Crippen LogP contribution in [0.5, 0.6) is 0 Å². The molecule has 1 radical (unpaired) electrons. The molecule has 0 amide bonds. The standard InChI is InChI=1S/C15H9F3NO2S/c16-15(17,18)12-6-7-14-11(10-12)8-9-19(14)22(20,21)13-4-2-1-3-5-13/h1-8,10H. The van der Waals surface area contributed by atoms with E-state index in [1.165, 1.54) is 18.2 Å². The number of benzene rings is 2. The highest BCUT2D eigenvalue weighted by Crippen LogP contribution is 2.32. The van der Waals surface area contributed by atoms with E-state index in [0.717, 1.165) is 22.2 Å². The van der Waals surface area contributed by atoms with Crippen molar-refractivity contribution in [2.45, 2.75) is 11.1 Å². The van der Waals surface area contributed by atoms with Crippen molar-refractivity contribution in [3.05, 3.63) is 66.4 Å². The lowest BCUT2D eigenvalue weighted by atomic mass is 10.1. The monoisotopic (exact) mass is 324 g/mol. The molecule has 0 aliphatic heterocycles. The number of halogens is 3. The first kappa shape index (κ1) is 14.6. The second-order valence-electron chi connectivity index (χ2n) is 4.63. The summed E-state index contributed by atoms with van der Waals surface area (Å²) in [6, 6.07) is 11.8. The minimum Gasteiger partial charge on any atom is -0.232 e. The molecule has 0 spiro atoms. The summed E-state index contributed by atoms with van der Waals surface area (Å²) < 4.78 is 63.9. The van der Waals surface area contributed by atoms with Gasteiger partial charge in [-0.1, -0.05) is 18.2 Å². The number of fused-ring (bicyclic) bond motifs is 1. The molecule has 0 aliphatic carbocycles. The van der Waals surface area contributed by atoms with E-state index in [-0.39, 0.29) is 15.8 Å². The first-order valence-corrected chi connectivity index (χ1v) is 7.65. The maximum Gasteiger partial charge on any atom is 0.416 e. The quantitative estimate of drug-likeness (QED) is 0.721. The van der Waals surface area contributed by atoms with Crippen LogP contribution in [-0.4, -0.2) is 12.4 Å². The van der Waals surface area contributed by atoms with E-state index >= 15 is 0 Å². The summed E-state index contributed by atoms with van der Waals surface area (Å²) >= 11 is 0. The van der Waals surface area contributed by atoms with E-state index in [1.807, 2.05) is 0 Å². The maximum atomic E-state index is 12.7. The van der Waals surface area contributed by atoms with E-state index in [1.54, 1.807) is 18.2 Å². The zero-order chi connectivity index (χ0) is 16.0. The number of nitrogens with zero attached hydrogens (tertiary/aromatic N) is 1. The molecule has 0 saturated heterocycles. The Balaban J connectivity index is 2.18. The summed E-state index contributed by atoms with van der Waals surface area (Å²) in [5.41, 5.74) is -0.680. The highest BCUT2D eigenvalue weighted by atomic mass is 32.2. The number of hydrogen-bond donors (Lipinski definition) is 0. The predicted molar refractivity (Wildman–Crippen MR) is 74.8 cm³/mol. The van der Waals surface area contributed by atoms with Crippen molar-refractivity contribution in [2.75, 3.05) is 0 Å². The van der Waals surface area contributed by atoms with Gasteiger partial charge in [-0.25, -0.2) is 12.4 Å². The molecular formula is C15H9F3NO2S. The fourth-order valence-corrected chi connectivity index (χ4v) is 3.45. The Kier molecular flexibility index (Phi) is 3.25. The minimum atomic E-state index is -4.48. The van der Waals surface area contributed by atoms with Crippen molar-refractivity contribution in [3.8, 4) is 0 Å². The van der Waals surface area contributed by atoms with Crippen LogP contribution in [0, 0.1) is 6.20 Å². The number of hydrogen-bond acceptors (Lipinski definition) is 2. The zero-order valence-corrected chi connectivity index (χ0v) is 11.8. The highest BCUT2D eigenvalue weighted by molar-refractivity contribution is 7.90. The first-order chi connectivity index (χ1) is 10.3. The van der Waals surface area contributed by atoms with Gasteiger partial charge < -0.3 is 0 Å². The van der Waals surface area contributed by atoms with Crippen LogP contribution in [0.1, 0.15) is 5.56 Å². The summed E-state index contributed by atoms with van der Waals surface area (Å²) in [6.07, 6.45) is -1.99. The lowest BCUT2D eigenvalue weighted by Crippen LogP contribution is -2.12. The lowest BCUT2D eigenvalue weighted by molar-refractivity contribution is -0.137. The van der Waals surface area contributed by atoms with Crippen molar-refractivity contribution in [1.82, 2.24) is 3.97 Å². The van der Waals surface area contributed by atoms with Crippen LogP contribution in [0.25, 0.3) is 10.9 Å². The van der Waals surface area contributed by atoms with E-state index in [4.69, 9.17) is 0 Å². The van der Waals surface area contributed by atoms with Gasteiger partial charge in [0.1, 0.15) is 0 Å². The van der Waals surface area contributed by atoms with Crippen molar-refractivity contribution >= 4 is 20.9 Å². The molecule has 0 fully saturated rings. The Labute approximate surface area is 124 Å². The fraction of sp³-hybridized carbons (Fsp3) is 0.0667.